The zero-order valence-corrected chi connectivity index (χ0v) is 12.5. The first-order valence-electron chi connectivity index (χ1n) is 7.06. The second-order valence-electron chi connectivity index (χ2n) is 4.76. The minimum absolute atomic E-state index is 0.450. The molecule has 0 radical (unpaired) electrons. The maximum atomic E-state index is 6.09. The summed E-state index contributed by atoms with van der Waals surface area (Å²) in [5, 5.41) is 0. The van der Waals surface area contributed by atoms with Gasteiger partial charge in [-0.25, -0.2) is 4.98 Å². The minimum Gasteiger partial charge on any atom is -0.476 e. The second-order valence-corrected chi connectivity index (χ2v) is 4.76. The van der Waals surface area contributed by atoms with Gasteiger partial charge in [-0.3, -0.25) is 4.98 Å². The Balaban J connectivity index is 2.03. The van der Waals surface area contributed by atoms with Crippen molar-refractivity contribution in [2.75, 3.05) is 30.8 Å². The lowest BCUT2D eigenvalue weighted by Gasteiger charge is -2.20. The summed E-state index contributed by atoms with van der Waals surface area (Å²) in [5.41, 5.74) is 7.61. The van der Waals surface area contributed by atoms with Crippen LogP contribution in [-0.4, -0.2) is 35.2 Å². The topological polar surface area (TPSA) is 77.2 Å². The Kier molecular flexibility index (Phi) is 5.31. The molecule has 2 heterocycles. The standard InChI is InChI=1S/C15H21N5O/c1-3-10-21-15-13(16)14(18-11-19-15)20(2)9-7-12-6-4-5-8-17-12/h4-6,8,11H,3,7,9-10,16H2,1-2H3. The summed E-state index contributed by atoms with van der Waals surface area (Å²) < 4.78 is 5.52. The number of likely N-dealkylation sites (N-methyl/N-ethyl adjacent to an activating group) is 1. The monoisotopic (exact) mass is 287 g/mol. The number of nitrogens with two attached hydrogens (primary N) is 1. The predicted molar refractivity (Wildman–Crippen MR) is 83.4 cm³/mol. The van der Waals surface area contributed by atoms with E-state index < -0.39 is 0 Å². The van der Waals surface area contributed by atoms with Crippen LogP contribution in [0.5, 0.6) is 5.88 Å². The van der Waals surface area contributed by atoms with Crippen molar-refractivity contribution in [3.63, 3.8) is 0 Å². The van der Waals surface area contributed by atoms with Crippen LogP contribution in [0.15, 0.2) is 30.7 Å². The van der Waals surface area contributed by atoms with Crippen molar-refractivity contribution in [1.29, 1.82) is 0 Å². The zero-order chi connectivity index (χ0) is 15.1. The van der Waals surface area contributed by atoms with E-state index >= 15 is 0 Å². The highest BCUT2D eigenvalue weighted by atomic mass is 16.5. The molecular formula is C15H21N5O. The van der Waals surface area contributed by atoms with Crippen molar-refractivity contribution in [3.05, 3.63) is 36.4 Å². The normalized spacial score (nSPS) is 10.4. The molecule has 0 atom stereocenters. The molecule has 2 aromatic heterocycles. The summed E-state index contributed by atoms with van der Waals surface area (Å²) in [6.07, 6.45) is 5.01. The van der Waals surface area contributed by atoms with Crippen LogP contribution in [0.2, 0.25) is 0 Å². The first kappa shape index (κ1) is 15.0. The van der Waals surface area contributed by atoms with E-state index in [0.29, 0.717) is 24.0 Å². The van der Waals surface area contributed by atoms with Gasteiger partial charge in [-0.15, -0.1) is 0 Å². The van der Waals surface area contributed by atoms with Gasteiger partial charge in [0.05, 0.1) is 6.61 Å². The van der Waals surface area contributed by atoms with E-state index in [9.17, 15) is 0 Å². The van der Waals surface area contributed by atoms with E-state index in [1.165, 1.54) is 6.33 Å². The molecule has 0 aliphatic carbocycles. The zero-order valence-electron chi connectivity index (χ0n) is 12.5. The quantitative estimate of drug-likeness (QED) is 0.838. The van der Waals surface area contributed by atoms with E-state index in [1.54, 1.807) is 6.20 Å². The van der Waals surface area contributed by atoms with Crippen molar-refractivity contribution in [3.8, 4) is 5.88 Å². The number of nitrogen functional groups attached to an aromatic ring is 1. The van der Waals surface area contributed by atoms with Gasteiger partial charge in [0.2, 0.25) is 5.88 Å². The van der Waals surface area contributed by atoms with Crippen LogP contribution in [-0.2, 0) is 6.42 Å². The maximum absolute atomic E-state index is 6.09. The largest absolute Gasteiger partial charge is 0.476 e. The molecule has 2 rings (SSSR count). The lowest BCUT2D eigenvalue weighted by Crippen LogP contribution is -2.23. The van der Waals surface area contributed by atoms with Crippen LogP contribution in [0.3, 0.4) is 0 Å². The summed E-state index contributed by atoms with van der Waals surface area (Å²) in [5.74, 6) is 1.14. The highest BCUT2D eigenvalue weighted by Gasteiger charge is 2.13. The Morgan fingerprint density at radius 2 is 2.10 bits per heavy atom. The van der Waals surface area contributed by atoms with Gasteiger partial charge in [0, 0.05) is 31.9 Å². The van der Waals surface area contributed by atoms with E-state index in [-0.39, 0.29) is 0 Å². The number of pyridine rings is 1. The van der Waals surface area contributed by atoms with Crippen LogP contribution in [0.4, 0.5) is 11.5 Å². The molecule has 0 saturated carbocycles. The molecule has 0 aliphatic heterocycles. The molecule has 6 heteroatoms. The third-order valence-electron chi connectivity index (χ3n) is 3.06. The average molecular weight is 287 g/mol. The number of hydrogen-bond acceptors (Lipinski definition) is 6. The third kappa shape index (κ3) is 4.05. The molecule has 0 spiro atoms. The summed E-state index contributed by atoms with van der Waals surface area (Å²) in [7, 11) is 1.95. The summed E-state index contributed by atoms with van der Waals surface area (Å²) in [4.78, 5) is 14.6. The summed E-state index contributed by atoms with van der Waals surface area (Å²) in [6, 6.07) is 5.90. The van der Waals surface area contributed by atoms with Gasteiger partial charge in [-0.1, -0.05) is 13.0 Å². The van der Waals surface area contributed by atoms with E-state index in [2.05, 4.69) is 15.0 Å². The highest BCUT2D eigenvalue weighted by Crippen LogP contribution is 2.27. The van der Waals surface area contributed by atoms with Gasteiger partial charge in [-0.2, -0.15) is 4.98 Å². The fourth-order valence-corrected chi connectivity index (χ4v) is 1.92. The van der Waals surface area contributed by atoms with Crippen molar-refractivity contribution in [2.24, 2.45) is 0 Å². The molecule has 2 N–H and O–H groups in total. The van der Waals surface area contributed by atoms with Gasteiger partial charge in [0.15, 0.2) is 5.82 Å². The fraction of sp³-hybridized carbons (Fsp3) is 0.400. The molecule has 0 unspecified atom stereocenters. The molecule has 0 amide bonds. The average Bonchev–Trinajstić information content (AvgIpc) is 2.52. The van der Waals surface area contributed by atoms with Crippen LogP contribution in [0.1, 0.15) is 19.0 Å². The van der Waals surface area contributed by atoms with Crippen molar-refractivity contribution >= 4 is 11.5 Å². The number of nitrogens with zero attached hydrogens (tertiary/aromatic N) is 4. The van der Waals surface area contributed by atoms with Gasteiger partial charge < -0.3 is 15.4 Å². The Bertz CT molecular complexity index is 561. The smallest absolute Gasteiger partial charge is 0.242 e. The van der Waals surface area contributed by atoms with Crippen LogP contribution in [0, 0.1) is 0 Å². The van der Waals surface area contributed by atoms with Crippen molar-refractivity contribution in [2.45, 2.75) is 19.8 Å². The number of aromatic nitrogens is 3. The van der Waals surface area contributed by atoms with E-state index in [0.717, 1.165) is 25.1 Å². The van der Waals surface area contributed by atoms with Gasteiger partial charge in [0.25, 0.3) is 0 Å². The lowest BCUT2D eigenvalue weighted by molar-refractivity contribution is 0.306. The molecule has 0 bridgehead atoms. The minimum atomic E-state index is 0.450. The molecule has 2 aromatic rings. The molecular weight excluding hydrogens is 266 g/mol. The van der Waals surface area contributed by atoms with Crippen molar-refractivity contribution < 1.29 is 4.74 Å². The number of hydrogen-bond donors (Lipinski definition) is 1. The molecule has 0 aliphatic rings. The van der Waals surface area contributed by atoms with Gasteiger partial charge in [0.1, 0.15) is 12.0 Å². The van der Waals surface area contributed by atoms with Crippen LogP contribution >= 0.6 is 0 Å². The Hall–Kier alpha value is -2.37. The number of anilines is 2. The molecule has 6 nitrogen and oxygen atoms in total. The summed E-state index contributed by atoms with van der Waals surface area (Å²) in [6.45, 7) is 3.40. The van der Waals surface area contributed by atoms with Gasteiger partial charge >= 0.3 is 0 Å². The number of ether oxygens (including phenoxy) is 1. The van der Waals surface area contributed by atoms with Crippen LogP contribution < -0.4 is 15.4 Å². The van der Waals surface area contributed by atoms with E-state index in [4.69, 9.17) is 10.5 Å². The molecule has 112 valence electrons. The number of rotatable bonds is 7. The lowest BCUT2D eigenvalue weighted by atomic mass is 10.2. The Morgan fingerprint density at radius 3 is 2.81 bits per heavy atom. The van der Waals surface area contributed by atoms with E-state index in [1.807, 2.05) is 37.1 Å². The first-order valence-corrected chi connectivity index (χ1v) is 7.06. The predicted octanol–water partition coefficient (Wildman–Crippen LogP) is 1.92. The summed E-state index contributed by atoms with van der Waals surface area (Å²) >= 11 is 0. The van der Waals surface area contributed by atoms with Gasteiger partial charge in [-0.05, 0) is 18.6 Å². The molecule has 0 fully saturated rings. The second kappa shape index (κ2) is 7.42. The fourth-order valence-electron chi connectivity index (χ4n) is 1.92. The Morgan fingerprint density at radius 1 is 1.24 bits per heavy atom. The molecule has 0 saturated heterocycles. The maximum Gasteiger partial charge on any atom is 0.242 e. The SMILES string of the molecule is CCCOc1ncnc(N(C)CCc2ccccn2)c1N. The molecule has 0 aromatic carbocycles. The third-order valence-corrected chi connectivity index (χ3v) is 3.06. The highest BCUT2D eigenvalue weighted by molar-refractivity contribution is 5.67. The van der Waals surface area contributed by atoms with Crippen molar-refractivity contribution in [1.82, 2.24) is 15.0 Å². The first-order chi connectivity index (χ1) is 10.2. The van der Waals surface area contributed by atoms with Crippen LogP contribution in [0.25, 0.3) is 0 Å². The Labute approximate surface area is 125 Å². The molecule has 21 heavy (non-hydrogen) atoms.